The molecule has 1 amide bonds. The summed E-state index contributed by atoms with van der Waals surface area (Å²) in [6, 6.07) is 4.16. The molecule has 0 bridgehead atoms. The molecule has 0 radical (unpaired) electrons. The highest BCUT2D eigenvalue weighted by atomic mass is 16.2. The summed E-state index contributed by atoms with van der Waals surface area (Å²) in [5, 5.41) is 0. The largest absolute Gasteiger partial charge is 0.343 e. The predicted octanol–water partition coefficient (Wildman–Crippen LogP) is 2.20. The van der Waals surface area contributed by atoms with Crippen LogP contribution in [-0.2, 0) is 11.2 Å². The lowest BCUT2D eigenvalue weighted by atomic mass is 9.95. The van der Waals surface area contributed by atoms with Crippen LogP contribution < -0.4 is 0 Å². The molecule has 1 aliphatic rings. The van der Waals surface area contributed by atoms with Crippen molar-refractivity contribution in [2.24, 2.45) is 5.92 Å². The summed E-state index contributed by atoms with van der Waals surface area (Å²) in [4.78, 5) is 20.8. The van der Waals surface area contributed by atoms with E-state index >= 15 is 0 Å². The normalized spacial score (nSPS) is 16.9. The van der Waals surface area contributed by atoms with Crippen molar-refractivity contribution >= 4 is 5.91 Å². The van der Waals surface area contributed by atoms with E-state index in [2.05, 4.69) is 35.9 Å². The van der Waals surface area contributed by atoms with E-state index in [0.29, 0.717) is 5.91 Å². The molecule has 0 N–H and O–H groups in total. The van der Waals surface area contributed by atoms with Gasteiger partial charge in [0, 0.05) is 37.9 Å². The van der Waals surface area contributed by atoms with E-state index in [9.17, 15) is 4.79 Å². The number of pyridine rings is 1. The van der Waals surface area contributed by atoms with Crippen LogP contribution >= 0.6 is 0 Å². The standard InChI is InChI=1S/C17H27N3O/c1-3-20(4-2)17(21)16-8-13-19(14-9-16)12-7-15-5-10-18-11-6-15/h5-6,10-11,16H,3-4,7-9,12-14H2,1-2H3. The molecule has 0 aliphatic carbocycles. The van der Waals surface area contributed by atoms with Gasteiger partial charge < -0.3 is 9.80 Å². The average Bonchev–Trinajstić information content (AvgIpc) is 2.55. The number of carbonyl (C=O) groups excluding carboxylic acids is 1. The Hall–Kier alpha value is -1.42. The first-order valence-corrected chi connectivity index (χ1v) is 8.14. The maximum absolute atomic E-state index is 12.3. The molecule has 116 valence electrons. The molecule has 21 heavy (non-hydrogen) atoms. The van der Waals surface area contributed by atoms with Crippen molar-refractivity contribution in [1.82, 2.24) is 14.8 Å². The fourth-order valence-corrected chi connectivity index (χ4v) is 3.03. The Morgan fingerprint density at radius 2 is 1.86 bits per heavy atom. The molecule has 1 aromatic heterocycles. The second kappa shape index (κ2) is 8.13. The number of aromatic nitrogens is 1. The molecule has 1 aromatic rings. The van der Waals surface area contributed by atoms with Gasteiger partial charge in [0.25, 0.3) is 0 Å². The van der Waals surface area contributed by atoms with Gasteiger partial charge >= 0.3 is 0 Å². The molecule has 0 aromatic carbocycles. The zero-order chi connectivity index (χ0) is 15.1. The second-order valence-electron chi connectivity index (χ2n) is 5.73. The Labute approximate surface area is 128 Å². The Kier molecular flexibility index (Phi) is 6.18. The second-order valence-corrected chi connectivity index (χ2v) is 5.73. The molecule has 4 heteroatoms. The van der Waals surface area contributed by atoms with Crippen LogP contribution in [0.4, 0.5) is 0 Å². The number of likely N-dealkylation sites (tertiary alicyclic amines) is 1. The van der Waals surface area contributed by atoms with Crippen molar-refractivity contribution in [3.63, 3.8) is 0 Å². The number of hydrogen-bond acceptors (Lipinski definition) is 3. The van der Waals surface area contributed by atoms with Crippen molar-refractivity contribution in [2.75, 3.05) is 32.7 Å². The molecule has 0 atom stereocenters. The highest BCUT2D eigenvalue weighted by Gasteiger charge is 2.27. The minimum atomic E-state index is 0.238. The van der Waals surface area contributed by atoms with Crippen LogP contribution in [0.2, 0.25) is 0 Å². The molecule has 2 rings (SSSR count). The Morgan fingerprint density at radius 3 is 2.43 bits per heavy atom. The van der Waals surface area contributed by atoms with Crippen molar-refractivity contribution in [3.05, 3.63) is 30.1 Å². The van der Waals surface area contributed by atoms with E-state index in [-0.39, 0.29) is 5.92 Å². The van der Waals surface area contributed by atoms with E-state index in [1.807, 2.05) is 17.3 Å². The zero-order valence-electron chi connectivity index (χ0n) is 13.3. The molecular weight excluding hydrogens is 262 g/mol. The molecule has 1 fully saturated rings. The van der Waals surface area contributed by atoms with Gasteiger partial charge in [-0.3, -0.25) is 9.78 Å². The Morgan fingerprint density at radius 1 is 1.24 bits per heavy atom. The maximum atomic E-state index is 12.3. The van der Waals surface area contributed by atoms with Crippen molar-refractivity contribution in [2.45, 2.75) is 33.1 Å². The van der Waals surface area contributed by atoms with Gasteiger partial charge in [0.1, 0.15) is 0 Å². The first-order chi connectivity index (χ1) is 10.2. The first kappa shape index (κ1) is 16.0. The highest BCUT2D eigenvalue weighted by molar-refractivity contribution is 5.78. The fourth-order valence-electron chi connectivity index (χ4n) is 3.03. The van der Waals surface area contributed by atoms with E-state index in [0.717, 1.165) is 52.0 Å². The molecule has 2 heterocycles. The van der Waals surface area contributed by atoms with Crippen LogP contribution in [0.25, 0.3) is 0 Å². The molecule has 0 spiro atoms. The summed E-state index contributed by atoms with van der Waals surface area (Å²) >= 11 is 0. The average molecular weight is 289 g/mol. The molecule has 1 saturated heterocycles. The topological polar surface area (TPSA) is 36.4 Å². The molecule has 0 unspecified atom stereocenters. The number of rotatable bonds is 6. The van der Waals surface area contributed by atoms with Gasteiger partial charge in [-0.2, -0.15) is 0 Å². The number of amides is 1. The van der Waals surface area contributed by atoms with Crippen LogP contribution in [-0.4, -0.2) is 53.4 Å². The lowest BCUT2D eigenvalue weighted by Crippen LogP contribution is -2.42. The van der Waals surface area contributed by atoms with Gasteiger partial charge in [-0.1, -0.05) is 0 Å². The molecule has 4 nitrogen and oxygen atoms in total. The predicted molar refractivity (Wildman–Crippen MR) is 85.0 cm³/mol. The van der Waals surface area contributed by atoms with E-state index in [1.165, 1.54) is 5.56 Å². The van der Waals surface area contributed by atoms with Crippen LogP contribution in [0.15, 0.2) is 24.5 Å². The minimum Gasteiger partial charge on any atom is -0.343 e. The number of carbonyl (C=O) groups is 1. The van der Waals surface area contributed by atoms with E-state index < -0.39 is 0 Å². The van der Waals surface area contributed by atoms with Gasteiger partial charge in [0.05, 0.1) is 0 Å². The third-order valence-electron chi connectivity index (χ3n) is 4.48. The quantitative estimate of drug-likeness (QED) is 0.805. The Balaban J connectivity index is 1.74. The lowest BCUT2D eigenvalue weighted by Gasteiger charge is -2.33. The van der Waals surface area contributed by atoms with Crippen LogP contribution in [0, 0.1) is 5.92 Å². The monoisotopic (exact) mass is 289 g/mol. The molecule has 0 saturated carbocycles. The number of piperidine rings is 1. The van der Waals surface area contributed by atoms with Crippen molar-refractivity contribution in [3.8, 4) is 0 Å². The van der Waals surface area contributed by atoms with Crippen molar-refractivity contribution in [1.29, 1.82) is 0 Å². The first-order valence-electron chi connectivity index (χ1n) is 8.14. The van der Waals surface area contributed by atoms with Crippen LogP contribution in [0.1, 0.15) is 32.3 Å². The number of nitrogens with zero attached hydrogens (tertiary/aromatic N) is 3. The third-order valence-corrected chi connectivity index (χ3v) is 4.48. The van der Waals surface area contributed by atoms with Crippen LogP contribution in [0.5, 0.6) is 0 Å². The molecular formula is C17H27N3O. The summed E-state index contributed by atoms with van der Waals surface area (Å²) in [6.45, 7) is 8.95. The fraction of sp³-hybridized carbons (Fsp3) is 0.647. The summed E-state index contributed by atoms with van der Waals surface area (Å²) in [5.41, 5.74) is 1.34. The molecule has 1 aliphatic heterocycles. The summed E-state index contributed by atoms with van der Waals surface area (Å²) < 4.78 is 0. The van der Waals surface area contributed by atoms with E-state index in [4.69, 9.17) is 0 Å². The van der Waals surface area contributed by atoms with Crippen LogP contribution in [0.3, 0.4) is 0 Å². The summed E-state index contributed by atoms with van der Waals surface area (Å²) in [5.74, 6) is 0.593. The van der Waals surface area contributed by atoms with E-state index in [1.54, 1.807) is 0 Å². The minimum absolute atomic E-state index is 0.238. The lowest BCUT2D eigenvalue weighted by molar-refractivity contribution is -0.136. The Bertz CT molecular complexity index is 423. The van der Waals surface area contributed by atoms with Gasteiger partial charge in [-0.15, -0.1) is 0 Å². The van der Waals surface area contributed by atoms with Crippen molar-refractivity contribution < 1.29 is 4.79 Å². The highest BCUT2D eigenvalue weighted by Crippen LogP contribution is 2.20. The van der Waals surface area contributed by atoms with Gasteiger partial charge in [0.15, 0.2) is 0 Å². The summed E-state index contributed by atoms with van der Waals surface area (Å²) in [6.07, 6.45) is 6.78. The maximum Gasteiger partial charge on any atom is 0.225 e. The van der Waals surface area contributed by atoms with Gasteiger partial charge in [-0.05, 0) is 63.9 Å². The number of hydrogen-bond donors (Lipinski definition) is 0. The zero-order valence-corrected chi connectivity index (χ0v) is 13.3. The smallest absolute Gasteiger partial charge is 0.225 e. The van der Waals surface area contributed by atoms with Gasteiger partial charge in [-0.25, -0.2) is 0 Å². The SMILES string of the molecule is CCN(CC)C(=O)C1CCN(CCc2ccncc2)CC1. The third kappa shape index (κ3) is 4.53. The van der Waals surface area contributed by atoms with Gasteiger partial charge in [0.2, 0.25) is 5.91 Å². The summed E-state index contributed by atoms with van der Waals surface area (Å²) in [7, 11) is 0.